The van der Waals surface area contributed by atoms with Gasteiger partial charge in [0.05, 0.1) is 27.8 Å². The van der Waals surface area contributed by atoms with Crippen molar-refractivity contribution in [3.05, 3.63) is 235 Å². The van der Waals surface area contributed by atoms with Gasteiger partial charge in [-0.2, -0.15) is 0 Å². The van der Waals surface area contributed by atoms with Crippen molar-refractivity contribution in [2.45, 2.75) is 6.92 Å². The third-order valence-electron chi connectivity index (χ3n) is 12.3. The SMILES string of the molecule is Cc1ccc(-n2c3ccccc3c3c4ccc5ccc6c(c7ccccc7n6-c6ccc(-c7ccccc7)cc6)c5c4ccc32)cc1.N=C(c1ccccc1)c1ccccc1N. The molecule has 0 aliphatic carbocycles. The summed E-state index contributed by atoms with van der Waals surface area (Å²) in [5.74, 6) is 0. The van der Waals surface area contributed by atoms with Crippen molar-refractivity contribution >= 4 is 76.6 Å². The molecule has 4 nitrogen and oxygen atoms in total. The number of hydrogen-bond acceptors (Lipinski definition) is 2. The molecule has 62 heavy (non-hydrogen) atoms. The quantitative estimate of drug-likeness (QED) is 0.102. The van der Waals surface area contributed by atoms with Gasteiger partial charge in [-0.05, 0) is 94.2 Å². The molecule has 0 atom stereocenters. The summed E-state index contributed by atoms with van der Waals surface area (Å²) in [6, 6.07) is 77.1. The lowest BCUT2D eigenvalue weighted by Gasteiger charge is -2.11. The Balaban J connectivity index is 0.000000244. The van der Waals surface area contributed by atoms with Gasteiger partial charge in [0.25, 0.3) is 0 Å². The maximum atomic E-state index is 8.03. The Hall–Kier alpha value is -8.21. The molecular weight excluding hydrogens is 753 g/mol. The zero-order valence-electron chi connectivity index (χ0n) is 34.3. The molecule has 3 N–H and O–H groups in total. The molecule has 0 spiro atoms. The predicted molar refractivity (Wildman–Crippen MR) is 264 cm³/mol. The van der Waals surface area contributed by atoms with E-state index in [0.717, 1.165) is 11.1 Å². The number of benzene rings is 10. The lowest BCUT2D eigenvalue weighted by atomic mass is 9.95. The lowest BCUT2D eigenvalue weighted by Crippen LogP contribution is -2.04. The van der Waals surface area contributed by atoms with Gasteiger partial charge < -0.3 is 14.9 Å². The first-order chi connectivity index (χ1) is 30.5. The molecule has 2 heterocycles. The topological polar surface area (TPSA) is 59.7 Å². The molecule has 0 amide bonds. The van der Waals surface area contributed by atoms with Crippen molar-refractivity contribution in [3.8, 4) is 22.5 Å². The number of rotatable bonds is 5. The second kappa shape index (κ2) is 15.1. The van der Waals surface area contributed by atoms with Gasteiger partial charge in [-0.15, -0.1) is 0 Å². The van der Waals surface area contributed by atoms with Crippen molar-refractivity contribution in [1.82, 2.24) is 9.13 Å². The molecule has 4 heteroatoms. The molecule has 12 aromatic rings. The van der Waals surface area contributed by atoms with Crippen LogP contribution in [0.3, 0.4) is 0 Å². The van der Waals surface area contributed by atoms with Crippen LogP contribution in [0.5, 0.6) is 0 Å². The van der Waals surface area contributed by atoms with Gasteiger partial charge in [0.1, 0.15) is 0 Å². The van der Waals surface area contributed by atoms with Crippen LogP contribution in [0.1, 0.15) is 16.7 Å². The number of nitrogens with zero attached hydrogens (tertiary/aromatic N) is 2. The Morgan fingerprint density at radius 2 is 0.871 bits per heavy atom. The Kier molecular flexibility index (Phi) is 8.98. The Morgan fingerprint density at radius 1 is 0.387 bits per heavy atom. The summed E-state index contributed by atoms with van der Waals surface area (Å²) >= 11 is 0. The van der Waals surface area contributed by atoms with Gasteiger partial charge in [0.15, 0.2) is 0 Å². The van der Waals surface area contributed by atoms with E-state index in [9.17, 15) is 0 Å². The summed E-state index contributed by atoms with van der Waals surface area (Å²) in [4.78, 5) is 0. The van der Waals surface area contributed by atoms with Gasteiger partial charge in [0.2, 0.25) is 0 Å². The zero-order valence-corrected chi connectivity index (χ0v) is 34.3. The van der Waals surface area contributed by atoms with Crippen molar-refractivity contribution < 1.29 is 0 Å². The maximum Gasteiger partial charge on any atom is 0.0705 e. The highest BCUT2D eigenvalue weighted by Gasteiger charge is 2.20. The number of para-hydroxylation sites is 3. The molecule has 10 aromatic carbocycles. The fourth-order valence-corrected chi connectivity index (χ4v) is 9.33. The molecule has 0 radical (unpaired) electrons. The van der Waals surface area contributed by atoms with Crippen LogP contribution in [-0.4, -0.2) is 14.8 Å². The number of anilines is 1. The maximum absolute atomic E-state index is 8.03. The van der Waals surface area contributed by atoms with E-state index >= 15 is 0 Å². The van der Waals surface area contributed by atoms with Gasteiger partial charge >= 0.3 is 0 Å². The average molecular weight is 795 g/mol. The van der Waals surface area contributed by atoms with E-state index in [1.807, 2.05) is 54.6 Å². The minimum absolute atomic E-state index is 0.466. The summed E-state index contributed by atoms with van der Waals surface area (Å²) < 4.78 is 4.85. The minimum Gasteiger partial charge on any atom is -0.398 e. The highest BCUT2D eigenvalue weighted by atomic mass is 15.0. The molecule has 0 unspecified atom stereocenters. The van der Waals surface area contributed by atoms with Crippen LogP contribution in [0.15, 0.2) is 218 Å². The molecule has 0 saturated heterocycles. The number of hydrogen-bond donors (Lipinski definition) is 2. The molecule has 0 saturated carbocycles. The predicted octanol–water partition coefficient (Wildman–Crippen LogP) is 14.8. The summed E-state index contributed by atoms with van der Waals surface area (Å²) in [7, 11) is 0. The highest BCUT2D eigenvalue weighted by molar-refractivity contribution is 6.32. The lowest BCUT2D eigenvalue weighted by molar-refractivity contribution is 1.18. The first kappa shape index (κ1) is 36.8. The highest BCUT2D eigenvalue weighted by Crippen LogP contribution is 2.43. The Bertz CT molecular complexity index is 3630. The van der Waals surface area contributed by atoms with Crippen molar-refractivity contribution in [1.29, 1.82) is 5.41 Å². The summed E-state index contributed by atoms with van der Waals surface area (Å²) in [5, 5.41) is 18.3. The molecular formula is C58H42N4. The largest absolute Gasteiger partial charge is 0.398 e. The number of nitrogens with one attached hydrogen (secondary N) is 1. The first-order valence-corrected chi connectivity index (χ1v) is 21.1. The van der Waals surface area contributed by atoms with E-state index in [2.05, 4.69) is 180 Å². The van der Waals surface area contributed by atoms with E-state index in [1.165, 1.54) is 93.2 Å². The summed E-state index contributed by atoms with van der Waals surface area (Å²) in [6.45, 7) is 2.14. The first-order valence-electron chi connectivity index (χ1n) is 21.1. The third-order valence-corrected chi connectivity index (χ3v) is 12.3. The number of nitrogens with two attached hydrogens (primary N) is 1. The van der Waals surface area contributed by atoms with Gasteiger partial charge in [-0.1, -0.05) is 169 Å². The molecule has 12 rings (SSSR count). The zero-order chi connectivity index (χ0) is 41.7. The smallest absolute Gasteiger partial charge is 0.0705 e. The number of nitrogen functional groups attached to an aromatic ring is 1. The molecule has 2 aromatic heterocycles. The van der Waals surface area contributed by atoms with Crippen LogP contribution in [0.2, 0.25) is 0 Å². The van der Waals surface area contributed by atoms with Crippen molar-refractivity contribution in [2.75, 3.05) is 5.73 Å². The second-order valence-corrected chi connectivity index (χ2v) is 16.0. The Morgan fingerprint density at radius 3 is 1.55 bits per heavy atom. The van der Waals surface area contributed by atoms with E-state index < -0.39 is 0 Å². The van der Waals surface area contributed by atoms with Gasteiger partial charge in [0, 0.05) is 49.7 Å². The van der Waals surface area contributed by atoms with E-state index in [4.69, 9.17) is 11.1 Å². The number of fused-ring (bicyclic) bond motifs is 11. The molecule has 0 fully saturated rings. The molecule has 0 aliphatic heterocycles. The van der Waals surface area contributed by atoms with Crippen LogP contribution in [-0.2, 0) is 0 Å². The second-order valence-electron chi connectivity index (χ2n) is 16.0. The monoisotopic (exact) mass is 794 g/mol. The van der Waals surface area contributed by atoms with Crippen LogP contribution >= 0.6 is 0 Å². The molecule has 0 bridgehead atoms. The third kappa shape index (κ3) is 6.12. The van der Waals surface area contributed by atoms with Crippen molar-refractivity contribution in [2.24, 2.45) is 0 Å². The normalized spacial score (nSPS) is 11.4. The van der Waals surface area contributed by atoms with Crippen LogP contribution in [0.4, 0.5) is 5.69 Å². The van der Waals surface area contributed by atoms with E-state index in [0.29, 0.717) is 11.4 Å². The molecule has 0 aliphatic rings. The fourth-order valence-electron chi connectivity index (χ4n) is 9.33. The summed E-state index contributed by atoms with van der Waals surface area (Å²) in [6.07, 6.45) is 0. The van der Waals surface area contributed by atoms with Gasteiger partial charge in [-0.25, -0.2) is 0 Å². The standard InChI is InChI=1S/C45H30N2.C13H12N2/c1-29-15-21-33(22-16-29)46-39-13-7-5-11-37(39)44-36-25-19-32-20-27-42-45(43(32)35(36)26-28-41(44)46)38-12-6-8-14-40(38)47(42)34-23-17-31(18-24-34)30-9-3-2-4-10-30;14-12-9-5-4-8-11(12)13(15)10-6-2-1-3-7-10/h2-28H,1H3;1-9,15H,14H2. The fraction of sp³-hybridized carbons (Fsp3) is 0.0172. The average Bonchev–Trinajstić information content (AvgIpc) is 3.86. The number of aromatic nitrogens is 2. The van der Waals surface area contributed by atoms with Crippen LogP contribution < -0.4 is 5.73 Å². The van der Waals surface area contributed by atoms with Crippen LogP contribution in [0.25, 0.3) is 87.7 Å². The van der Waals surface area contributed by atoms with Crippen molar-refractivity contribution in [3.63, 3.8) is 0 Å². The van der Waals surface area contributed by atoms with Crippen LogP contribution in [0, 0.1) is 12.3 Å². The van der Waals surface area contributed by atoms with E-state index in [1.54, 1.807) is 0 Å². The van der Waals surface area contributed by atoms with E-state index in [-0.39, 0.29) is 0 Å². The minimum atomic E-state index is 0.466. The number of aryl methyl sites for hydroxylation is 1. The molecule has 294 valence electrons. The van der Waals surface area contributed by atoms with Gasteiger partial charge in [-0.3, -0.25) is 5.41 Å². The Labute approximate surface area is 359 Å². The summed E-state index contributed by atoms with van der Waals surface area (Å²) in [5.41, 5.74) is 19.6.